The summed E-state index contributed by atoms with van der Waals surface area (Å²) in [5.41, 5.74) is 4.62. The first-order valence-electron chi connectivity index (χ1n) is 6.69. The topological polar surface area (TPSA) is 42.2 Å². The molecule has 3 heteroatoms. The van der Waals surface area contributed by atoms with Gasteiger partial charge in [0.1, 0.15) is 17.6 Å². The number of benzene rings is 1. The zero-order valence-corrected chi connectivity index (χ0v) is 12.0. The Labute approximate surface area is 120 Å². The summed E-state index contributed by atoms with van der Waals surface area (Å²) in [7, 11) is 1.67. The summed E-state index contributed by atoms with van der Waals surface area (Å²) >= 11 is 0. The quantitative estimate of drug-likeness (QED) is 0.762. The first kappa shape index (κ1) is 14.2. The van der Waals surface area contributed by atoms with Gasteiger partial charge in [-0.05, 0) is 55.5 Å². The monoisotopic (exact) mass is 269 g/mol. The molecule has 3 nitrogen and oxygen atoms in total. The van der Waals surface area contributed by atoms with Crippen molar-refractivity contribution in [3.63, 3.8) is 0 Å². The molecule has 1 aliphatic carbocycles. The van der Waals surface area contributed by atoms with E-state index in [1.54, 1.807) is 7.11 Å². The Kier molecular flexibility index (Phi) is 4.47. The molecule has 0 heterocycles. The summed E-state index contributed by atoms with van der Waals surface area (Å²) in [5.74, 6) is 1.70. The molecule has 2 rings (SSSR count). The summed E-state index contributed by atoms with van der Waals surface area (Å²) < 4.78 is 10.9. The average Bonchev–Trinajstić information content (AvgIpc) is 2.45. The number of nitrogens with zero attached hydrogens (tertiary/aromatic N) is 1. The van der Waals surface area contributed by atoms with E-state index < -0.39 is 0 Å². The number of methoxy groups -OCH3 is 1. The molecule has 0 spiro atoms. The van der Waals surface area contributed by atoms with Crippen molar-refractivity contribution in [2.75, 3.05) is 13.7 Å². The highest BCUT2D eigenvalue weighted by molar-refractivity contribution is 5.69. The van der Waals surface area contributed by atoms with E-state index in [1.807, 2.05) is 31.2 Å². The van der Waals surface area contributed by atoms with Crippen LogP contribution in [0.3, 0.4) is 0 Å². The average molecular weight is 269 g/mol. The van der Waals surface area contributed by atoms with Gasteiger partial charge in [0.15, 0.2) is 6.61 Å². The summed E-state index contributed by atoms with van der Waals surface area (Å²) in [4.78, 5) is 0. The summed E-state index contributed by atoms with van der Waals surface area (Å²) in [6.45, 7) is 6.05. The number of hydrogen-bond donors (Lipinski definition) is 0. The minimum absolute atomic E-state index is 0.0699. The fourth-order valence-corrected chi connectivity index (χ4v) is 2.53. The molecule has 0 fully saturated rings. The van der Waals surface area contributed by atoms with E-state index in [2.05, 4.69) is 6.58 Å². The van der Waals surface area contributed by atoms with Gasteiger partial charge in [0.05, 0.1) is 7.11 Å². The van der Waals surface area contributed by atoms with Gasteiger partial charge in [-0.15, -0.1) is 0 Å². The van der Waals surface area contributed by atoms with E-state index in [9.17, 15) is 0 Å². The summed E-state index contributed by atoms with van der Waals surface area (Å²) in [5, 5.41) is 8.76. The Balaban J connectivity index is 2.42. The first-order valence-corrected chi connectivity index (χ1v) is 6.69. The SMILES string of the molecule is C=C(C)CC1=C(OCC#N)c2ccc(OC)cc2CC1. The van der Waals surface area contributed by atoms with E-state index in [4.69, 9.17) is 14.7 Å². The van der Waals surface area contributed by atoms with Crippen molar-refractivity contribution in [3.05, 3.63) is 47.1 Å². The van der Waals surface area contributed by atoms with Crippen LogP contribution in [0, 0.1) is 11.3 Å². The van der Waals surface area contributed by atoms with E-state index in [0.29, 0.717) is 0 Å². The second-order valence-corrected chi connectivity index (χ2v) is 5.04. The van der Waals surface area contributed by atoms with E-state index in [1.165, 1.54) is 11.1 Å². The Morgan fingerprint density at radius 1 is 1.40 bits per heavy atom. The number of rotatable bonds is 5. The van der Waals surface area contributed by atoms with Crippen LogP contribution in [0.1, 0.15) is 30.9 Å². The zero-order valence-electron chi connectivity index (χ0n) is 12.0. The zero-order chi connectivity index (χ0) is 14.5. The number of aryl methyl sites for hydroxylation is 1. The number of nitriles is 1. The van der Waals surface area contributed by atoms with Gasteiger partial charge < -0.3 is 9.47 Å². The van der Waals surface area contributed by atoms with Crippen molar-refractivity contribution in [1.82, 2.24) is 0 Å². The molecule has 0 aliphatic heterocycles. The van der Waals surface area contributed by atoms with Crippen molar-refractivity contribution >= 4 is 5.76 Å². The Morgan fingerprint density at radius 2 is 2.20 bits per heavy atom. The molecule has 0 unspecified atom stereocenters. The molecule has 0 saturated heterocycles. The van der Waals surface area contributed by atoms with Crippen molar-refractivity contribution in [3.8, 4) is 11.8 Å². The van der Waals surface area contributed by atoms with Crippen molar-refractivity contribution in [2.24, 2.45) is 0 Å². The number of fused-ring (bicyclic) bond motifs is 1. The first-order chi connectivity index (χ1) is 9.65. The molecule has 0 saturated carbocycles. The highest BCUT2D eigenvalue weighted by atomic mass is 16.5. The van der Waals surface area contributed by atoms with Crippen molar-refractivity contribution in [2.45, 2.75) is 26.2 Å². The smallest absolute Gasteiger partial charge is 0.174 e. The molecule has 104 valence electrons. The molecule has 1 aromatic carbocycles. The minimum Gasteiger partial charge on any atom is -0.497 e. The molecular formula is C17H19NO2. The molecule has 1 aliphatic rings. The third-order valence-corrected chi connectivity index (χ3v) is 3.37. The second-order valence-electron chi connectivity index (χ2n) is 5.04. The molecule has 0 bridgehead atoms. The van der Waals surface area contributed by atoms with Crippen LogP contribution in [0.25, 0.3) is 5.76 Å². The standard InChI is InChI=1S/C17H19NO2/c1-12(2)10-14-5-4-13-11-15(19-3)6-7-16(13)17(14)20-9-8-18/h6-7,11H,1,4-5,9-10H2,2-3H3. The van der Waals surface area contributed by atoms with Gasteiger partial charge in [-0.2, -0.15) is 5.26 Å². The number of allylic oxidation sites excluding steroid dienone is 2. The van der Waals surface area contributed by atoms with Crippen LogP contribution in [0.15, 0.2) is 35.9 Å². The number of hydrogen-bond acceptors (Lipinski definition) is 3. The van der Waals surface area contributed by atoms with Crippen LogP contribution in [-0.4, -0.2) is 13.7 Å². The van der Waals surface area contributed by atoms with E-state index in [0.717, 1.165) is 41.9 Å². The fourth-order valence-electron chi connectivity index (χ4n) is 2.53. The molecule has 0 N–H and O–H groups in total. The van der Waals surface area contributed by atoms with Crippen molar-refractivity contribution < 1.29 is 9.47 Å². The summed E-state index contributed by atoms with van der Waals surface area (Å²) in [6.07, 6.45) is 2.73. The van der Waals surface area contributed by atoms with Gasteiger partial charge in [0.2, 0.25) is 0 Å². The van der Waals surface area contributed by atoms with Crippen molar-refractivity contribution in [1.29, 1.82) is 5.26 Å². The van der Waals surface area contributed by atoms with Gasteiger partial charge in [-0.1, -0.05) is 12.2 Å². The Morgan fingerprint density at radius 3 is 2.85 bits per heavy atom. The lowest BCUT2D eigenvalue weighted by molar-refractivity contribution is 0.318. The maximum Gasteiger partial charge on any atom is 0.174 e. The molecule has 20 heavy (non-hydrogen) atoms. The van der Waals surface area contributed by atoms with Crippen LogP contribution in [0.4, 0.5) is 0 Å². The van der Waals surface area contributed by atoms with Crippen LogP contribution in [-0.2, 0) is 11.2 Å². The molecule has 0 radical (unpaired) electrons. The van der Waals surface area contributed by atoms with Gasteiger partial charge >= 0.3 is 0 Å². The normalized spacial score (nSPS) is 13.4. The maximum absolute atomic E-state index is 8.76. The van der Waals surface area contributed by atoms with E-state index in [-0.39, 0.29) is 6.61 Å². The van der Waals surface area contributed by atoms with Gasteiger partial charge in [0.25, 0.3) is 0 Å². The van der Waals surface area contributed by atoms with Crippen LogP contribution in [0.5, 0.6) is 5.75 Å². The molecule has 0 aromatic heterocycles. The Bertz CT molecular complexity index is 593. The van der Waals surface area contributed by atoms with Crippen LogP contribution < -0.4 is 4.74 Å². The Hall–Kier alpha value is -2.21. The van der Waals surface area contributed by atoms with Gasteiger partial charge in [0, 0.05) is 5.56 Å². The minimum atomic E-state index is 0.0699. The molecule has 1 aromatic rings. The highest BCUT2D eigenvalue weighted by Crippen LogP contribution is 2.36. The lowest BCUT2D eigenvalue weighted by Crippen LogP contribution is -2.09. The highest BCUT2D eigenvalue weighted by Gasteiger charge is 2.21. The van der Waals surface area contributed by atoms with E-state index >= 15 is 0 Å². The predicted molar refractivity (Wildman–Crippen MR) is 79.2 cm³/mol. The largest absolute Gasteiger partial charge is 0.497 e. The fraction of sp³-hybridized carbons (Fsp3) is 0.353. The third-order valence-electron chi connectivity index (χ3n) is 3.37. The molecule has 0 atom stereocenters. The predicted octanol–water partition coefficient (Wildman–Crippen LogP) is 3.86. The van der Waals surface area contributed by atoms with Crippen LogP contribution >= 0.6 is 0 Å². The van der Waals surface area contributed by atoms with Crippen LogP contribution in [0.2, 0.25) is 0 Å². The van der Waals surface area contributed by atoms with Gasteiger partial charge in [-0.25, -0.2) is 0 Å². The molecular weight excluding hydrogens is 250 g/mol. The lowest BCUT2D eigenvalue weighted by Gasteiger charge is -2.23. The number of ether oxygens (including phenoxy) is 2. The molecule has 0 amide bonds. The summed E-state index contributed by atoms with van der Waals surface area (Å²) in [6, 6.07) is 8.02. The van der Waals surface area contributed by atoms with Gasteiger partial charge in [-0.3, -0.25) is 0 Å². The third kappa shape index (κ3) is 3.03. The maximum atomic E-state index is 8.76. The lowest BCUT2D eigenvalue weighted by atomic mass is 9.87. The second kappa shape index (κ2) is 6.29.